The quantitative estimate of drug-likeness (QED) is 0.848. The van der Waals surface area contributed by atoms with Gasteiger partial charge in [-0.3, -0.25) is 14.4 Å². The van der Waals surface area contributed by atoms with E-state index in [0.717, 1.165) is 11.1 Å². The van der Waals surface area contributed by atoms with Crippen LogP contribution in [0.3, 0.4) is 0 Å². The summed E-state index contributed by atoms with van der Waals surface area (Å²) in [4.78, 5) is 39.9. The lowest BCUT2D eigenvalue weighted by Crippen LogP contribution is -2.23. The highest BCUT2D eigenvalue weighted by molar-refractivity contribution is 6.30. The number of aromatic amines is 1. The van der Waals surface area contributed by atoms with Gasteiger partial charge < -0.3 is 15.2 Å². The van der Waals surface area contributed by atoms with Gasteiger partial charge in [-0.25, -0.2) is 0 Å². The van der Waals surface area contributed by atoms with Gasteiger partial charge in [-0.1, -0.05) is 29.8 Å². The van der Waals surface area contributed by atoms with Crippen LogP contribution in [0.5, 0.6) is 0 Å². The number of amides is 2. The summed E-state index contributed by atoms with van der Waals surface area (Å²) in [5, 5.41) is 3.01. The first-order chi connectivity index (χ1) is 12.8. The van der Waals surface area contributed by atoms with E-state index in [1.54, 1.807) is 38.4 Å². The maximum Gasteiger partial charge on any atom is 0.267 e. The maximum absolute atomic E-state index is 12.1. The van der Waals surface area contributed by atoms with E-state index in [1.165, 1.54) is 4.90 Å². The van der Waals surface area contributed by atoms with Gasteiger partial charge in [0.15, 0.2) is 0 Å². The Hall–Kier alpha value is -2.86. The molecule has 2 amide bonds. The minimum Gasteiger partial charge on any atom is -0.350 e. The zero-order chi connectivity index (χ0) is 19.6. The summed E-state index contributed by atoms with van der Waals surface area (Å²) >= 11 is 5.84. The Morgan fingerprint density at radius 3 is 2.33 bits per heavy atom. The standard InChI is InChI=1S/C20H20ClN3O3/c1-24(2)20(27)13-5-3-12(4-6-13)15(11-14-7-10-18(25)22-14)17-9-8-16(21)19(26)23-17/h3-6,8-9,11,14H,7,10H2,1-2H3,(H,22,25)(H,23,26)/b15-11+/t14-/m1/s1. The van der Waals surface area contributed by atoms with Crippen molar-refractivity contribution >= 4 is 29.0 Å². The van der Waals surface area contributed by atoms with Crippen molar-refractivity contribution in [1.29, 1.82) is 0 Å². The van der Waals surface area contributed by atoms with Crippen LogP contribution in [0, 0.1) is 0 Å². The van der Waals surface area contributed by atoms with E-state index < -0.39 is 0 Å². The second-order valence-electron chi connectivity index (χ2n) is 6.62. The van der Waals surface area contributed by atoms with Gasteiger partial charge in [0.2, 0.25) is 5.91 Å². The number of benzene rings is 1. The fraction of sp³-hybridized carbons (Fsp3) is 0.250. The summed E-state index contributed by atoms with van der Waals surface area (Å²) in [5.41, 5.74) is 2.37. The summed E-state index contributed by atoms with van der Waals surface area (Å²) < 4.78 is 0. The van der Waals surface area contributed by atoms with Gasteiger partial charge in [0.1, 0.15) is 5.02 Å². The number of nitrogens with one attached hydrogen (secondary N) is 2. The monoisotopic (exact) mass is 385 g/mol. The van der Waals surface area contributed by atoms with Gasteiger partial charge in [0.05, 0.1) is 0 Å². The lowest BCUT2D eigenvalue weighted by atomic mass is 9.97. The number of carbonyl (C=O) groups excluding carboxylic acids is 2. The molecule has 2 heterocycles. The molecule has 1 aromatic heterocycles. The van der Waals surface area contributed by atoms with Crippen molar-refractivity contribution in [2.75, 3.05) is 14.1 Å². The summed E-state index contributed by atoms with van der Waals surface area (Å²) in [6.07, 6.45) is 3.09. The van der Waals surface area contributed by atoms with E-state index in [4.69, 9.17) is 11.6 Å². The summed E-state index contributed by atoms with van der Waals surface area (Å²) in [6.45, 7) is 0. The molecule has 1 fully saturated rings. The Bertz CT molecular complexity index is 961. The Kier molecular flexibility index (Phi) is 5.46. The Balaban J connectivity index is 2.02. The van der Waals surface area contributed by atoms with Crippen LogP contribution in [0.2, 0.25) is 5.02 Å². The summed E-state index contributed by atoms with van der Waals surface area (Å²) in [5.74, 6) is -0.0813. The minimum atomic E-state index is -0.380. The number of hydrogen-bond donors (Lipinski definition) is 2. The molecule has 1 saturated heterocycles. The molecule has 2 aromatic rings. The summed E-state index contributed by atoms with van der Waals surface area (Å²) in [6, 6.07) is 10.3. The first-order valence-corrected chi connectivity index (χ1v) is 8.95. The molecule has 1 atom stereocenters. The third kappa shape index (κ3) is 4.28. The van der Waals surface area contributed by atoms with Gasteiger partial charge in [-0.15, -0.1) is 0 Å². The molecule has 2 N–H and O–H groups in total. The third-order valence-corrected chi connectivity index (χ3v) is 4.69. The average molecular weight is 386 g/mol. The molecular formula is C20H20ClN3O3. The molecule has 1 aliphatic heterocycles. The van der Waals surface area contributed by atoms with Crippen molar-refractivity contribution in [3.05, 3.63) is 74.7 Å². The molecule has 3 rings (SSSR count). The molecule has 1 aliphatic rings. The fourth-order valence-corrected chi connectivity index (χ4v) is 3.08. The normalized spacial score (nSPS) is 16.9. The van der Waals surface area contributed by atoms with Crippen LogP contribution in [0.4, 0.5) is 0 Å². The molecule has 0 bridgehead atoms. The van der Waals surface area contributed by atoms with E-state index in [2.05, 4.69) is 10.3 Å². The summed E-state index contributed by atoms with van der Waals surface area (Å²) in [7, 11) is 3.39. The molecule has 7 heteroatoms. The fourth-order valence-electron chi connectivity index (χ4n) is 2.97. The molecule has 0 spiro atoms. The highest BCUT2D eigenvalue weighted by Crippen LogP contribution is 2.25. The van der Waals surface area contributed by atoms with Crippen LogP contribution in [-0.2, 0) is 4.79 Å². The van der Waals surface area contributed by atoms with E-state index >= 15 is 0 Å². The lowest BCUT2D eigenvalue weighted by Gasteiger charge is -2.14. The average Bonchev–Trinajstić information content (AvgIpc) is 3.06. The van der Waals surface area contributed by atoms with Gasteiger partial charge >= 0.3 is 0 Å². The van der Waals surface area contributed by atoms with Gasteiger partial charge in [-0.2, -0.15) is 0 Å². The molecule has 0 radical (unpaired) electrons. The van der Waals surface area contributed by atoms with Gasteiger partial charge in [0.25, 0.3) is 11.5 Å². The first kappa shape index (κ1) is 18.9. The second kappa shape index (κ2) is 7.80. The SMILES string of the molecule is CN(C)C(=O)c1ccc(/C(=C\[C@H]2CCC(=O)N2)c2ccc(Cl)c(=O)[nH]2)cc1. The maximum atomic E-state index is 12.1. The molecule has 140 valence electrons. The minimum absolute atomic E-state index is 0.00660. The number of pyridine rings is 1. The van der Waals surface area contributed by atoms with Gasteiger partial charge in [0, 0.05) is 43.4 Å². The van der Waals surface area contributed by atoms with E-state index in [1.807, 2.05) is 18.2 Å². The number of rotatable bonds is 4. The molecule has 0 unspecified atom stereocenters. The zero-order valence-electron chi connectivity index (χ0n) is 15.1. The van der Waals surface area contributed by atoms with Crippen molar-refractivity contribution in [2.45, 2.75) is 18.9 Å². The van der Waals surface area contributed by atoms with Crippen LogP contribution in [0.25, 0.3) is 5.57 Å². The van der Waals surface area contributed by atoms with Crippen LogP contribution in [-0.4, -0.2) is 41.8 Å². The molecule has 1 aromatic carbocycles. The number of nitrogens with zero attached hydrogens (tertiary/aromatic N) is 1. The molecule has 0 aliphatic carbocycles. The highest BCUT2D eigenvalue weighted by Gasteiger charge is 2.20. The predicted octanol–water partition coefficient (Wildman–Crippen LogP) is 2.44. The molecular weight excluding hydrogens is 366 g/mol. The van der Waals surface area contributed by atoms with Crippen LogP contribution in [0.15, 0.2) is 47.3 Å². The third-order valence-electron chi connectivity index (χ3n) is 4.40. The van der Waals surface area contributed by atoms with Crippen LogP contribution < -0.4 is 10.9 Å². The molecule has 27 heavy (non-hydrogen) atoms. The molecule has 6 nitrogen and oxygen atoms in total. The topological polar surface area (TPSA) is 82.3 Å². The van der Waals surface area contributed by atoms with Crippen molar-refractivity contribution in [3.8, 4) is 0 Å². The Morgan fingerprint density at radius 2 is 1.78 bits per heavy atom. The van der Waals surface area contributed by atoms with Crippen molar-refractivity contribution < 1.29 is 9.59 Å². The van der Waals surface area contributed by atoms with Crippen LogP contribution >= 0.6 is 11.6 Å². The van der Waals surface area contributed by atoms with Crippen molar-refractivity contribution in [3.63, 3.8) is 0 Å². The predicted molar refractivity (Wildman–Crippen MR) is 105 cm³/mol. The number of H-pyrrole nitrogens is 1. The molecule has 0 saturated carbocycles. The zero-order valence-corrected chi connectivity index (χ0v) is 15.8. The first-order valence-electron chi connectivity index (χ1n) is 8.57. The number of carbonyl (C=O) groups is 2. The number of halogens is 1. The van der Waals surface area contributed by atoms with E-state index in [9.17, 15) is 14.4 Å². The van der Waals surface area contributed by atoms with Crippen molar-refractivity contribution in [1.82, 2.24) is 15.2 Å². The largest absolute Gasteiger partial charge is 0.350 e. The number of hydrogen-bond acceptors (Lipinski definition) is 3. The van der Waals surface area contributed by atoms with E-state index in [0.29, 0.717) is 24.1 Å². The number of aromatic nitrogens is 1. The lowest BCUT2D eigenvalue weighted by molar-refractivity contribution is -0.119. The smallest absolute Gasteiger partial charge is 0.267 e. The Labute approximate surface area is 161 Å². The van der Waals surface area contributed by atoms with Crippen molar-refractivity contribution in [2.24, 2.45) is 0 Å². The van der Waals surface area contributed by atoms with E-state index in [-0.39, 0.29) is 28.4 Å². The highest BCUT2D eigenvalue weighted by atomic mass is 35.5. The second-order valence-corrected chi connectivity index (χ2v) is 7.03. The van der Waals surface area contributed by atoms with Gasteiger partial charge in [-0.05, 0) is 36.2 Å². The van der Waals surface area contributed by atoms with Crippen LogP contribution in [0.1, 0.15) is 34.5 Å². The Morgan fingerprint density at radius 1 is 1.11 bits per heavy atom.